The summed E-state index contributed by atoms with van der Waals surface area (Å²) in [5.41, 5.74) is 7.20. The Morgan fingerprint density at radius 3 is 2.85 bits per heavy atom. The van der Waals surface area contributed by atoms with Crippen LogP contribution in [0.2, 0.25) is 0 Å². The molecule has 5 nitrogen and oxygen atoms in total. The van der Waals surface area contributed by atoms with Crippen LogP contribution < -0.4 is 15.8 Å². The van der Waals surface area contributed by atoms with Crippen molar-refractivity contribution in [3.8, 4) is 5.75 Å². The quantitative estimate of drug-likeness (QED) is 0.713. The van der Waals surface area contributed by atoms with Crippen LogP contribution in [0.25, 0.3) is 0 Å². The number of pyridine rings is 1. The normalized spacial score (nSPS) is 12.0. The minimum atomic E-state index is -0.550. The zero-order chi connectivity index (χ0) is 15.0. The average molecular weight is 279 g/mol. The van der Waals surface area contributed by atoms with Crippen LogP contribution in [0.3, 0.4) is 0 Å². The largest absolute Gasteiger partial charge is 0.479 e. The Morgan fingerprint density at radius 2 is 2.20 bits per heavy atom. The molecule has 0 radical (unpaired) electrons. The molecule has 1 aromatic rings. The SMILES string of the molecule is CCCCCNC(=O)C(C)Oc1ccc(C)nc1CN. The summed E-state index contributed by atoms with van der Waals surface area (Å²) in [6, 6.07) is 3.66. The zero-order valence-electron chi connectivity index (χ0n) is 12.6. The molecule has 5 heteroatoms. The summed E-state index contributed by atoms with van der Waals surface area (Å²) in [5.74, 6) is 0.471. The van der Waals surface area contributed by atoms with E-state index >= 15 is 0 Å². The van der Waals surface area contributed by atoms with Gasteiger partial charge in [-0.25, -0.2) is 0 Å². The summed E-state index contributed by atoms with van der Waals surface area (Å²) in [7, 11) is 0. The summed E-state index contributed by atoms with van der Waals surface area (Å²) in [6.45, 7) is 6.74. The fourth-order valence-corrected chi connectivity index (χ4v) is 1.83. The van der Waals surface area contributed by atoms with E-state index in [0.717, 1.165) is 25.0 Å². The molecule has 0 saturated heterocycles. The topological polar surface area (TPSA) is 77.2 Å². The number of carbonyl (C=O) groups is 1. The van der Waals surface area contributed by atoms with Crippen LogP contribution in [0.15, 0.2) is 12.1 Å². The van der Waals surface area contributed by atoms with Crippen molar-refractivity contribution >= 4 is 5.91 Å². The van der Waals surface area contributed by atoms with Crippen molar-refractivity contribution in [3.05, 3.63) is 23.5 Å². The molecule has 1 amide bonds. The highest BCUT2D eigenvalue weighted by Gasteiger charge is 2.16. The molecule has 1 unspecified atom stereocenters. The van der Waals surface area contributed by atoms with Crippen molar-refractivity contribution in [2.45, 2.75) is 52.7 Å². The van der Waals surface area contributed by atoms with Crippen molar-refractivity contribution < 1.29 is 9.53 Å². The second-order valence-corrected chi connectivity index (χ2v) is 4.86. The maximum atomic E-state index is 11.9. The molecule has 0 bridgehead atoms. The van der Waals surface area contributed by atoms with Gasteiger partial charge in [-0.3, -0.25) is 9.78 Å². The van der Waals surface area contributed by atoms with Gasteiger partial charge in [0.2, 0.25) is 0 Å². The number of aromatic nitrogens is 1. The Kier molecular flexibility index (Phi) is 7.01. The Labute approximate surface area is 120 Å². The van der Waals surface area contributed by atoms with Gasteiger partial charge >= 0.3 is 0 Å². The average Bonchev–Trinajstić information content (AvgIpc) is 2.45. The van der Waals surface area contributed by atoms with E-state index in [-0.39, 0.29) is 5.91 Å². The van der Waals surface area contributed by atoms with Gasteiger partial charge in [0.25, 0.3) is 5.91 Å². The van der Waals surface area contributed by atoms with Crippen LogP contribution in [-0.4, -0.2) is 23.5 Å². The summed E-state index contributed by atoms with van der Waals surface area (Å²) in [5, 5.41) is 2.87. The molecule has 1 atom stereocenters. The van der Waals surface area contributed by atoms with E-state index in [1.807, 2.05) is 19.1 Å². The van der Waals surface area contributed by atoms with Gasteiger partial charge in [-0.1, -0.05) is 19.8 Å². The molecule has 112 valence electrons. The lowest BCUT2D eigenvalue weighted by Gasteiger charge is -2.16. The van der Waals surface area contributed by atoms with E-state index < -0.39 is 6.10 Å². The molecule has 0 aliphatic carbocycles. The van der Waals surface area contributed by atoms with Gasteiger partial charge in [0, 0.05) is 18.8 Å². The van der Waals surface area contributed by atoms with Crippen molar-refractivity contribution in [2.75, 3.05) is 6.54 Å². The Bertz CT molecular complexity index is 435. The van der Waals surface area contributed by atoms with Gasteiger partial charge in [-0.2, -0.15) is 0 Å². The summed E-state index contributed by atoms with van der Waals surface area (Å²) in [6.07, 6.45) is 2.70. The van der Waals surface area contributed by atoms with Crippen LogP contribution in [-0.2, 0) is 11.3 Å². The first kappa shape index (κ1) is 16.4. The summed E-state index contributed by atoms with van der Waals surface area (Å²) < 4.78 is 5.66. The number of unbranched alkanes of at least 4 members (excludes halogenated alkanes) is 2. The third-order valence-electron chi connectivity index (χ3n) is 3.02. The molecule has 1 aromatic heterocycles. The standard InChI is InChI=1S/C15H25N3O2/c1-4-5-6-9-17-15(19)12(3)20-14-8-7-11(2)18-13(14)10-16/h7-8,12H,4-6,9-10,16H2,1-3H3,(H,17,19). The lowest BCUT2D eigenvalue weighted by atomic mass is 10.2. The zero-order valence-corrected chi connectivity index (χ0v) is 12.6. The molecular formula is C15H25N3O2. The number of carbonyl (C=O) groups excluding carboxylic acids is 1. The summed E-state index contributed by atoms with van der Waals surface area (Å²) in [4.78, 5) is 16.2. The number of rotatable bonds is 8. The number of nitrogens with one attached hydrogen (secondary N) is 1. The van der Waals surface area contributed by atoms with Gasteiger partial charge in [0.1, 0.15) is 5.75 Å². The molecular weight excluding hydrogens is 254 g/mol. The molecule has 1 heterocycles. The van der Waals surface area contributed by atoms with Crippen molar-refractivity contribution in [3.63, 3.8) is 0 Å². The van der Waals surface area contributed by atoms with Gasteiger partial charge < -0.3 is 15.8 Å². The monoisotopic (exact) mass is 279 g/mol. The molecule has 0 spiro atoms. The minimum Gasteiger partial charge on any atom is -0.479 e. The van der Waals surface area contributed by atoms with E-state index in [1.54, 1.807) is 6.92 Å². The minimum absolute atomic E-state index is 0.107. The molecule has 0 fully saturated rings. The highest BCUT2D eigenvalue weighted by Crippen LogP contribution is 2.17. The van der Waals surface area contributed by atoms with E-state index in [9.17, 15) is 4.79 Å². The number of ether oxygens (including phenoxy) is 1. The Morgan fingerprint density at radius 1 is 1.45 bits per heavy atom. The third-order valence-corrected chi connectivity index (χ3v) is 3.02. The smallest absolute Gasteiger partial charge is 0.260 e. The predicted octanol–water partition coefficient (Wildman–Crippen LogP) is 1.92. The number of nitrogens with zero attached hydrogens (tertiary/aromatic N) is 1. The van der Waals surface area contributed by atoms with Crippen molar-refractivity contribution in [1.82, 2.24) is 10.3 Å². The molecule has 0 aromatic carbocycles. The lowest BCUT2D eigenvalue weighted by Crippen LogP contribution is -2.37. The highest BCUT2D eigenvalue weighted by atomic mass is 16.5. The van der Waals surface area contributed by atoms with Crippen molar-refractivity contribution in [2.24, 2.45) is 5.73 Å². The molecule has 20 heavy (non-hydrogen) atoms. The van der Waals surface area contributed by atoms with E-state index in [0.29, 0.717) is 24.5 Å². The predicted molar refractivity (Wildman–Crippen MR) is 79.5 cm³/mol. The van der Waals surface area contributed by atoms with Crippen LogP contribution in [0.1, 0.15) is 44.5 Å². The van der Waals surface area contributed by atoms with Gasteiger partial charge in [0.05, 0.1) is 5.69 Å². The van der Waals surface area contributed by atoms with Crippen LogP contribution >= 0.6 is 0 Å². The first-order valence-corrected chi connectivity index (χ1v) is 7.19. The second-order valence-electron chi connectivity index (χ2n) is 4.86. The number of hydrogen-bond donors (Lipinski definition) is 2. The van der Waals surface area contributed by atoms with Crippen LogP contribution in [0, 0.1) is 6.92 Å². The molecule has 1 rings (SSSR count). The fraction of sp³-hybridized carbons (Fsp3) is 0.600. The number of aryl methyl sites for hydroxylation is 1. The molecule has 0 saturated carbocycles. The van der Waals surface area contributed by atoms with Crippen molar-refractivity contribution in [1.29, 1.82) is 0 Å². The highest BCUT2D eigenvalue weighted by molar-refractivity contribution is 5.80. The molecule has 0 aliphatic rings. The van der Waals surface area contributed by atoms with Gasteiger partial charge in [-0.05, 0) is 32.4 Å². The van der Waals surface area contributed by atoms with Crippen LogP contribution in [0.4, 0.5) is 0 Å². The lowest BCUT2D eigenvalue weighted by molar-refractivity contribution is -0.127. The van der Waals surface area contributed by atoms with E-state index in [2.05, 4.69) is 17.2 Å². The molecule has 0 aliphatic heterocycles. The van der Waals surface area contributed by atoms with Gasteiger partial charge in [0.15, 0.2) is 6.10 Å². The number of hydrogen-bond acceptors (Lipinski definition) is 4. The fourth-order valence-electron chi connectivity index (χ4n) is 1.83. The maximum absolute atomic E-state index is 11.9. The number of amides is 1. The van der Waals surface area contributed by atoms with Gasteiger partial charge in [-0.15, -0.1) is 0 Å². The number of nitrogens with two attached hydrogens (primary N) is 1. The Balaban J connectivity index is 2.52. The second kappa shape index (κ2) is 8.53. The van der Waals surface area contributed by atoms with E-state index in [4.69, 9.17) is 10.5 Å². The first-order valence-electron chi connectivity index (χ1n) is 7.19. The first-order chi connectivity index (χ1) is 9.58. The van der Waals surface area contributed by atoms with Crippen LogP contribution in [0.5, 0.6) is 5.75 Å². The Hall–Kier alpha value is -1.62. The summed E-state index contributed by atoms with van der Waals surface area (Å²) >= 11 is 0. The van der Waals surface area contributed by atoms with E-state index in [1.165, 1.54) is 0 Å². The maximum Gasteiger partial charge on any atom is 0.260 e. The third kappa shape index (κ3) is 5.17. The molecule has 3 N–H and O–H groups in total.